The molecular formula is C24H30N4O4. The van der Waals surface area contributed by atoms with Crippen LogP contribution in [0.1, 0.15) is 35.7 Å². The van der Waals surface area contributed by atoms with Crippen LogP contribution < -0.4 is 15.5 Å². The van der Waals surface area contributed by atoms with Crippen molar-refractivity contribution >= 4 is 29.2 Å². The van der Waals surface area contributed by atoms with Crippen LogP contribution in [0.15, 0.2) is 48.5 Å². The number of anilines is 2. The van der Waals surface area contributed by atoms with E-state index in [0.717, 1.165) is 11.3 Å². The predicted molar refractivity (Wildman–Crippen MR) is 124 cm³/mol. The zero-order valence-corrected chi connectivity index (χ0v) is 18.3. The number of hydrogen-bond donors (Lipinski definition) is 3. The van der Waals surface area contributed by atoms with Gasteiger partial charge < -0.3 is 20.6 Å². The van der Waals surface area contributed by atoms with Gasteiger partial charge in [-0.3, -0.25) is 14.5 Å². The first-order valence-corrected chi connectivity index (χ1v) is 10.9. The molecule has 0 radical (unpaired) electrons. The molecule has 2 amide bonds. The molecule has 1 saturated heterocycles. The summed E-state index contributed by atoms with van der Waals surface area (Å²) < 4.78 is 0. The maximum Gasteiger partial charge on any atom is 0.337 e. The molecule has 0 atom stereocenters. The average molecular weight is 439 g/mol. The highest BCUT2D eigenvalue weighted by molar-refractivity contribution is 6.01. The summed E-state index contributed by atoms with van der Waals surface area (Å²) in [6.45, 7) is 5.53. The van der Waals surface area contributed by atoms with E-state index in [1.807, 2.05) is 43.3 Å². The number of carboxylic acid groups (broad SMARTS) is 1. The molecule has 0 aliphatic carbocycles. The zero-order valence-electron chi connectivity index (χ0n) is 18.3. The molecule has 2 aromatic rings. The van der Waals surface area contributed by atoms with Crippen LogP contribution in [-0.2, 0) is 16.1 Å². The van der Waals surface area contributed by atoms with Gasteiger partial charge in [0.05, 0.1) is 17.8 Å². The predicted octanol–water partition coefficient (Wildman–Crippen LogP) is 2.56. The lowest BCUT2D eigenvalue weighted by atomic mass is 10.1. The number of aromatic carboxylic acids is 1. The molecule has 8 heteroatoms. The van der Waals surface area contributed by atoms with Crippen molar-refractivity contribution in [3.63, 3.8) is 0 Å². The van der Waals surface area contributed by atoms with Crippen LogP contribution in [0.25, 0.3) is 0 Å². The third-order valence-electron chi connectivity index (χ3n) is 5.42. The highest BCUT2D eigenvalue weighted by Crippen LogP contribution is 2.25. The molecule has 1 aliphatic heterocycles. The van der Waals surface area contributed by atoms with Gasteiger partial charge in [-0.25, -0.2) is 4.79 Å². The van der Waals surface area contributed by atoms with Gasteiger partial charge in [0.1, 0.15) is 0 Å². The Labute approximate surface area is 188 Å². The summed E-state index contributed by atoms with van der Waals surface area (Å²) >= 11 is 0. The van der Waals surface area contributed by atoms with Crippen LogP contribution in [0.4, 0.5) is 11.4 Å². The number of rotatable bonds is 9. The zero-order chi connectivity index (χ0) is 22.9. The van der Waals surface area contributed by atoms with E-state index in [-0.39, 0.29) is 17.4 Å². The largest absolute Gasteiger partial charge is 0.478 e. The topological polar surface area (TPSA) is 102 Å². The number of carbonyl (C=O) groups is 3. The van der Waals surface area contributed by atoms with Crippen LogP contribution in [-0.4, -0.2) is 60.5 Å². The molecule has 170 valence electrons. The van der Waals surface area contributed by atoms with Gasteiger partial charge in [0.2, 0.25) is 11.8 Å². The smallest absolute Gasteiger partial charge is 0.337 e. The first kappa shape index (κ1) is 23.3. The summed E-state index contributed by atoms with van der Waals surface area (Å²) in [6, 6.07) is 14.9. The van der Waals surface area contributed by atoms with Crippen LogP contribution in [0.2, 0.25) is 0 Å². The Hall–Kier alpha value is -3.39. The molecule has 0 saturated carbocycles. The van der Waals surface area contributed by atoms with E-state index >= 15 is 0 Å². The second-order valence-electron chi connectivity index (χ2n) is 7.86. The first-order chi connectivity index (χ1) is 15.5. The minimum absolute atomic E-state index is 0.0114. The van der Waals surface area contributed by atoms with Gasteiger partial charge in [-0.15, -0.1) is 0 Å². The number of benzene rings is 2. The van der Waals surface area contributed by atoms with E-state index in [9.17, 15) is 19.5 Å². The minimum Gasteiger partial charge on any atom is -0.478 e. The molecule has 32 heavy (non-hydrogen) atoms. The summed E-state index contributed by atoms with van der Waals surface area (Å²) in [5.74, 6) is -1.28. The van der Waals surface area contributed by atoms with E-state index in [4.69, 9.17) is 0 Å². The molecule has 0 unspecified atom stereocenters. The van der Waals surface area contributed by atoms with Crippen molar-refractivity contribution in [2.24, 2.45) is 0 Å². The normalized spacial score (nSPS) is 14.1. The van der Waals surface area contributed by atoms with Crippen molar-refractivity contribution in [2.45, 2.75) is 26.3 Å². The molecular weight excluding hydrogens is 408 g/mol. The van der Waals surface area contributed by atoms with E-state index in [2.05, 4.69) is 20.4 Å². The van der Waals surface area contributed by atoms with Gasteiger partial charge in [0.25, 0.3) is 0 Å². The van der Waals surface area contributed by atoms with Crippen molar-refractivity contribution in [1.29, 1.82) is 0 Å². The highest BCUT2D eigenvalue weighted by atomic mass is 16.4. The maximum absolute atomic E-state index is 12.3. The van der Waals surface area contributed by atoms with Gasteiger partial charge in [0.15, 0.2) is 0 Å². The van der Waals surface area contributed by atoms with Gasteiger partial charge >= 0.3 is 5.97 Å². The van der Waals surface area contributed by atoms with Crippen LogP contribution in [0, 0.1) is 0 Å². The lowest BCUT2D eigenvalue weighted by molar-refractivity contribution is -0.122. The van der Waals surface area contributed by atoms with Crippen molar-refractivity contribution < 1.29 is 19.5 Å². The summed E-state index contributed by atoms with van der Waals surface area (Å²) in [4.78, 5) is 40.0. The van der Waals surface area contributed by atoms with E-state index in [1.54, 1.807) is 12.1 Å². The number of carboxylic acids is 1. The molecule has 1 fully saturated rings. The van der Waals surface area contributed by atoms with Crippen LogP contribution >= 0.6 is 0 Å². The van der Waals surface area contributed by atoms with Crippen LogP contribution in [0.5, 0.6) is 0 Å². The van der Waals surface area contributed by atoms with Crippen molar-refractivity contribution in [1.82, 2.24) is 10.2 Å². The van der Waals surface area contributed by atoms with Crippen molar-refractivity contribution in [2.75, 3.05) is 42.9 Å². The number of nitrogens with zero attached hydrogens (tertiary/aromatic N) is 2. The molecule has 1 aliphatic rings. The van der Waals surface area contributed by atoms with Gasteiger partial charge in [0, 0.05) is 44.8 Å². The lowest BCUT2D eigenvalue weighted by Crippen LogP contribution is -2.49. The Morgan fingerprint density at radius 3 is 2.34 bits per heavy atom. The van der Waals surface area contributed by atoms with E-state index in [0.29, 0.717) is 57.8 Å². The lowest BCUT2D eigenvalue weighted by Gasteiger charge is -2.36. The molecule has 0 aromatic heterocycles. The van der Waals surface area contributed by atoms with E-state index < -0.39 is 5.97 Å². The Bertz CT molecular complexity index is 940. The number of hydrogen-bond acceptors (Lipinski definition) is 5. The summed E-state index contributed by atoms with van der Waals surface area (Å²) in [7, 11) is 0. The highest BCUT2D eigenvalue weighted by Gasteiger charge is 2.21. The SMILES string of the molecule is CCCC(=O)Nc1ccc(N2CCN(CC(=O)NCc3ccccc3)CC2)cc1C(=O)O. The fourth-order valence-electron chi connectivity index (χ4n) is 3.67. The third kappa shape index (κ3) is 6.55. The Balaban J connectivity index is 1.52. The quantitative estimate of drug-likeness (QED) is 0.556. The molecule has 3 rings (SSSR count). The van der Waals surface area contributed by atoms with Gasteiger partial charge in [-0.1, -0.05) is 37.3 Å². The summed E-state index contributed by atoms with van der Waals surface area (Å²) in [5, 5.41) is 15.2. The molecule has 3 N–H and O–H groups in total. The van der Waals surface area contributed by atoms with E-state index in [1.165, 1.54) is 0 Å². The van der Waals surface area contributed by atoms with Gasteiger partial charge in [-0.2, -0.15) is 0 Å². The number of nitrogens with one attached hydrogen (secondary N) is 2. The number of piperazine rings is 1. The number of carbonyl (C=O) groups excluding carboxylic acids is 2. The third-order valence-corrected chi connectivity index (χ3v) is 5.42. The fraction of sp³-hybridized carbons (Fsp3) is 0.375. The maximum atomic E-state index is 12.3. The minimum atomic E-state index is -1.08. The Morgan fingerprint density at radius 2 is 1.69 bits per heavy atom. The molecule has 8 nitrogen and oxygen atoms in total. The second kappa shape index (κ2) is 11.3. The summed E-state index contributed by atoms with van der Waals surface area (Å²) in [5.41, 5.74) is 2.25. The summed E-state index contributed by atoms with van der Waals surface area (Å²) in [6.07, 6.45) is 1.04. The Morgan fingerprint density at radius 1 is 0.969 bits per heavy atom. The average Bonchev–Trinajstić information content (AvgIpc) is 2.79. The second-order valence-corrected chi connectivity index (χ2v) is 7.86. The number of amides is 2. The molecule has 0 bridgehead atoms. The standard InChI is InChI=1S/C24H30N4O4/c1-2-6-22(29)26-21-10-9-19(15-20(21)24(31)32)28-13-11-27(12-14-28)17-23(30)25-16-18-7-4-3-5-8-18/h3-5,7-10,15H,2,6,11-14,16-17H2,1H3,(H,25,30)(H,26,29)(H,31,32). The molecule has 2 aromatic carbocycles. The Kier molecular flexibility index (Phi) is 8.21. The fourth-order valence-corrected chi connectivity index (χ4v) is 3.67. The van der Waals surface area contributed by atoms with Crippen LogP contribution in [0.3, 0.4) is 0 Å². The first-order valence-electron chi connectivity index (χ1n) is 10.9. The van der Waals surface area contributed by atoms with Gasteiger partial charge in [-0.05, 0) is 30.2 Å². The van der Waals surface area contributed by atoms with Crippen molar-refractivity contribution in [3.8, 4) is 0 Å². The molecule has 0 spiro atoms. The monoisotopic (exact) mass is 438 g/mol. The molecule has 1 heterocycles. The van der Waals surface area contributed by atoms with Crippen molar-refractivity contribution in [3.05, 3.63) is 59.7 Å².